The Morgan fingerprint density at radius 3 is 2.67 bits per heavy atom. The first-order valence-corrected chi connectivity index (χ1v) is 8.40. The summed E-state index contributed by atoms with van der Waals surface area (Å²) in [5.74, 6) is 0. The van der Waals surface area contributed by atoms with Crippen LogP contribution in [0.1, 0.15) is 37.7 Å². The summed E-state index contributed by atoms with van der Waals surface area (Å²) in [6, 6.07) is 11.1. The summed E-state index contributed by atoms with van der Waals surface area (Å²) < 4.78 is 6.22. The summed E-state index contributed by atoms with van der Waals surface area (Å²) >= 11 is 0. The van der Waals surface area contributed by atoms with Crippen LogP contribution in [0.3, 0.4) is 0 Å². The third-order valence-electron chi connectivity index (χ3n) is 4.90. The van der Waals surface area contributed by atoms with E-state index in [1.807, 2.05) is 0 Å². The largest absolute Gasteiger partial charge is 0.392 e. The molecule has 116 valence electrons. The topological polar surface area (TPSA) is 32.7 Å². The first-order chi connectivity index (χ1) is 10.3. The molecular formula is C18H27NO2. The molecule has 1 heterocycles. The molecule has 0 unspecified atom stereocenters. The highest BCUT2D eigenvalue weighted by Gasteiger charge is 2.34. The second-order valence-corrected chi connectivity index (χ2v) is 6.43. The Balaban J connectivity index is 1.50. The lowest BCUT2D eigenvalue weighted by molar-refractivity contribution is -0.0316. The number of hydrogen-bond acceptors (Lipinski definition) is 3. The molecule has 1 aromatic carbocycles. The number of likely N-dealkylation sites (tertiary alicyclic amines) is 1. The molecule has 3 rings (SSSR count). The average molecular weight is 289 g/mol. The number of aliphatic hydroxyl groups excluding tert-OH is 1. The van der Waals surface area contributed by atoms with Crippen molar-refractivity contribution in [2.24, 2.45) is 0 Å². The molecule has 3 heteroatoms. The van der Waals surface area contributed by atoms with E-state index in [2.05, 4.69) is 35.2 Å². The fraction of sp³-hybridized carbons (Fsp3) is 0.667. The Morgan fingerprint density at radius 2 is 1.90 bits per heavy atom. The van der Waals surface area contributed by atoms with Crippen molar-refractivity contribution in [1.82, 2.24) is 4.90 Å². The Morgan fingerprint density at radius 1 is 1.10 bits per heavy atom. The van der Waals surface area contributed by atoms with Gasteiger partial charge in [-0.25, -0.2) is 0 Å². The van der Waals surface area contributed by atoms with Gasteiger partial charge in [-0.1, -0.05) is 43.2 Å². The van der Waals surface area contributed by atoms with E-state index in [9.17, 15) is 5.11 Å². The van der Waals surface area contributed by atoms with Gasteiger partial charge in [-0.05, 0) is 31.2 Å². The number of hydrogen-bond donors (Lipinski definition) is 1. The van der Waals surface area contributed by atoms with Crippen molar-refractivity contribution < 1.29 is 9.84 Å². The maximum Gasteiger partial charge on any atom is 0.0730 e. The Hall–Kier alpha value is -0.900. The van der Waals surface area contributed by atoms with Gasteiger partial charge in [0.15, 0.2) is 0 Å². The van der Waals surface area contributed by atoms with Crippen LogP contribution in [0.15, 0.2) is 30.3 Å². The minimum absolute atomic E-state index is 0.128. The standard InChI is InChI=1S/C18H27NO2/c20-16-10-12-19(14-16)17-8-4-5-9-18(17)21-13-11-15-6-2-1-3-7-15/h1-3,6-7,16-18,20H,4-5,8-14H2/t16-,17-,18-/m0/s1. The lowest BCUT2D eigenvalue weighted by Gasteiger charge is -2.37. The third kappa shape index (κ3) is 4.06. The molecule has 3 nitrogen and oxygen atoms in total. The van der Waals surface area contributed by atoms with Gasteiger partial charge < -0.3 is 9.84 Å². The maximum absolute atomic E-state index is 9.76. The average Bonchev–Trinajstić information content (AvgIpc) is 2.95. The van der Waals surface area contributed by atoms with E-state index in [0.717, 1.165) is 32.5 Å². The fourth-order valence-electron chi connectivity index (χ4n) is 3.73. The Bertz CT molecular complexity index is 422. The van der Waals surface area contributed by atoms with Crippen molar-refractivity contribution >= 4 is 0 Å². The normalized spacial score (nSPS) is 30.6. The van der Waals surface area contributed by atoms with Gasteiger partial charge in [-0.15, -0.1) is 0 Å². The van der Waals surface area contributed by atoms with Gasteiger partial charge in [0, 0.05) is 19.1 Å². The molecular weight excluding hydrogens is 262 g/mol. The SMILES string of the molecule is O[C@H]1CCN([C@H]2CCCC[C@@H]2OCCc2ccccc2)C1. The van der Waals surface area contributed by atoms with E-state index in [0.29, 0.717) is 12.1 Å². The summed E-state index contributed by atoms with van der Waals surface area (Å²) in [6.07, 6.45) is 7.12. The number of rotatable bonds is 5. The molecule has 1 aliphatic carbocycles. The molecule has 0 bridgehead atoms. The first-order valence-electron chi connectivity index (χ1n) is 8.40. The van der Waals surface area contributed by atoms with Crippen molar-refractivity contribution in [2.45, 2.75) is 56.8 Å². The van der Waals surface area contributed by atoms with E-state index >= 15 is 0 Å². The van der Waals surface area contributed by atoms with Gasteiger partial charge in [0.2, 0.25) is 0 Å². The van der Waals surface area contributed by atoms with Crippen molar-refractivity contribution in [1.29, 1.82) is 0 Å². The molecule has 3 atom stereocenters. The first kappa shape index (κ1) is 15.0. The van der Waals surface area contributed by atoms with E-state index in [4.69, 9.17) is 4.74 Å². The van der Waals surface area contributed by atoms with Crippen LogP contribution in [0.2, 0.25) is 0 Å². The van der Waals surface area contributed by atoms with Crippen LogP contribution in [-0.4, -0.2) is 48.0 Å². The quantitative estimate of drug-likeness (QED) is 0.904. The molecule has 0 spiro atoms. The van der Waals surface area contributed by atoms with Gasteiger partial charge in [0.1, 0.15) is 0 Å². The summed E-state index contributed by atoms with van der Waals surface area (Å²) in [6.45, 7) is 2.68. The Kier molecular flexibility index (Phi) is 5.28. The molecule has 2 aliphatic rings. The van der Waals surface area contributed by atoms with Gasteiger partial charge in [-0.3, -0.25) is 4.90 Å². The maximum atomic E-state index is 9.76. The van der Waals surface area contributed by atoms with E-state index in [1.165, 1.54) is 31.2 Å². The number of aliphatic hydroxyl groups is 1. The summed E-state index contributed by atoms with van der Waals surface area (Å²) in [4.78, 5) is 2.46. The number of ether oxygens (including phenoxy) is 1. The molecule has 1 aromatic rings. The van der Waals surface area contributed by atoms with Crippen LogP contribution in [0, 0.1) is 0 Å². The zero-order valence-electron chi connectivity index (χ0n) is 12.8. The summed E-state index contributed by atoms with van der Waals surface area (Å²) in [5.41, 5.74) is 1.35. The highest BCUT2D eigenvalue weighted by atomic mass is 16.5. The molecule has 21 heavy (non-hydrogen) atoms. The van der Waals surface area contributed by atoms with Crippen LogP contribution in [0.5, 0.6) is 0 Å². The smallest absolute Gasteiger partial charge is 0.0730 e. The molecule has 1 saturated heterocycles. The molecule has 1 N–H and O–H groups in total. The van der Waals surface area contributed by atoms with Gasteiger partial charge >= 0.3 is 0 Å². The zero-order chi connectivity index (χ0) is 14.5. The van der Waals surface area contributed by atoms with Gasteiger partial charge in [0.25, 0.3) is 0 Å². The van der Waals surface area contributed by atoms with Crippen LogP contribution in [0.25, 0.3) is 0 Å². The second kappa shape index (κ2) is 7.39. The van der Waals surface area contributed by atoms with E-state index < -0.39 is 0 Å². The summed E-state index contributed by atoms with van der Waals surface area (Å²) in [5, 5.41) is 9.76. The zero-order valence-corrected chi connectivity index (χ0v) is 12.8. The monoisotopic (exact) mass is 289 g/mol. The highest BCUT2D eigenvalue weighted by molar-refractivity contribution is 5.14. The molecule has 1 aliphatic heterocycles. The van der Waals surface area contributed by atoms with Crippen LogP contribution in [0.4, 0.5) is 0 Å². The predicted molar refractivity (Wildman–Crippen MR) is 84.3 cm³/mol. The van der Waals surface area contributed by atoms with Crippen LogP contribution < -0.4 is 0 Å². The lowest BCUT2D eigenvalue weighted by atomic mass is 9.91. The molecule has 0 radical (unpaired) electrons. The van der Waals surface area contributed by atoms with Crippen molar-refractivity contribution in [3.05, 3.63) is 35.9 Å². The van der Waals surface area contributed by atoms with Crippen LogP contribution >= 0.6 is 0 Å². The van der Waals surface area contributed by atoms with Gasteiger partial charge in [0.05, 0.1) is 18.8 Å². The highest BCUT2D eigenvalue weighted by Crippen LogP contribution is 2.28. The lowest BCUT2D eigenvalue weighted by Crippen LogP contribution is -2.46. The second-order valence-electron chi connectivity index (χ2n) is 6.43. The van der Waals surface area contributed by atoms with Crippen molar-refractivity contribution in [2.75, 3.05) is 19.7 Å². The van der Waals surface area contributed by atoms with Crippen molar-refractivity contribution in [3.63, 3.8) is 0 Å². The molecule has 0 aromatic heterocycles. The minimum atomic E-state index is -0.128. The predicted octanol–water partition coefficient (Wildman–Crippen LogP) is 2.62. The molecule has 1 saturated carbocycles. The number of β-amino-alcohol motifs (C(OH)–C–C–N with tert-alkyl or cyclic N) is 1. The van der Waals surface area contributed by atoms with E-state index in [1.54, 1.807) is 0 Å². The van der Waals surface area contributed by atoms with Gasteiger partial charge in [-0.2, -0.15) is 0 Å². The summed E-state index contributed by atoms with van der Waals surface area (Å²) in [7, 11) is 0. The molecule has 2 fully saturated rings. The number of benzene rings is 1. The van der Waals surface area contributed by atoms with Crippen molar-refractivity contribution in [3.8, 4) is 0 Å². The molecule has 0 amide bonds. The van der Waals surface area contributed by atoms with E-state index in [-0.39, 0.29) is 6.10 Å². The Labute approximate surface area is 127 Å². The third-order valence-corrected chi connectivity index (χ3v) is 4.90. The fourth-order valence-corrected chi connectivity index (χ4v) is 3.73. The minimum Gasteiger partial charge on any atom is -0.392 e. The van der Waals surface area contributed by atoms with Crippen LogP contribution in [-0.2, 0) is 11.2 Å². The number of nitrogens with zero attached hydrogens (tertiary/aromatic N) is 1.